The Morgan fingerprint density at radius 1 is 1.28 bits per heavy atom. The van der Waals surface area contributed by atoms with Gasteiger partial charge in [-0.3, -0.25) is 4.79 Å². The maximum atomic E-state index is 14.3. The van der Waals surface area contributed by atoms with E-state index in [-0.39, 0.29) is 48.7 Å². The minimum atomic E-state index is -0.271. The fourth-order valence-corrected chi connectivity index (χ4v) is 3.24. The van der Waals surface area contributed by atoms with Crippen molar-refractivity contribution in [3.8, 4) is 0 Å². The third-order valence-electron chi connectivity index (χ3n) is 4.66. The van der Waals surface area contributed by atoms with Crippen LogP contribution in [-0.2, 0) is 11.3 Å². The van der Waals surface area contributed by atoms with Crippen molar-refractivity contribution in [2.75, 3.05) is 24.5 Å². The fraction of sp³-hybridized carbons (Fsp3) is 0.588. The van der Waals surface area contributed by atoms with Crippen molar-refractivity contribution >= 4 is 36.4 Å². The van der Waals surface area contributed by atoms with Gasteiger partial charge in [-0.25, -0.2) is 4.39 Å². The van der Waals surface area contributed by atoms with Gasteiger partial charge in [0.25, 0.3) is 0 Å². The van der Waals surface area contributed by atoms with E-state index >= 15 is 0 Å². The number of amides is 1. The van der Waals surface area contributed by atoms with Crippen molar-refractivity contribution in [2.45, 2.75) is 44.4 Å². The molecule has 2 saturated heterocycles. The Kier molecular flexibility index (Phi) is 8.93. The van der Waals surface area contributed by atoms with Gasteiger partial charge in [-0.05, 0) is 49.9 Å². The lowest BCUT2D eigenvalue weighted by molar-refractivity contribution is -0.122. The normalized spacial score (nSPS) is 20.6. The molecule has 0 aromatic heterocycles. The molecule has 1 atom stereocenters. The topological polar surface area (TPSA) is 64.6 Å². The van der Waals surface area contributed by atoms with Crippen LogP contribution in [0.1, 0.15) is 31.2 Å². The molecule has 2 heterocycles. The molecule has 1 amide bonds. The third-order valence-corrected chi connectivity index (χ3v) is 4.66. The zero-order valence-electron chi connectivity index (χ0n) is 14.0. The lowest BCUT2D eigenvalue weighted by Gasteiger charge is -2.31. The fourth-order valence-electron chi connectivity index (χ4n) is 3.24. The molecule has 0 saturated carbocycles. The number of piperidine rings is 1. The molecule has 2 aliphatic heterocycles. The predicted octanol–water partition coefficient (Wildman–Crippen LogP) is 2.00. The van der Waals surface area contributed by atoms with Gasteiger partial charge in [0.1, 0.15) is 5.82 Å². The number of hydrogen-bond donors (Lipinski definition) is 3. The molecule has 1 aromatic rings. The van der Waals surface area contributed by atoms with E-state index in [0.717, 1.165) is 24.9 Å². The third kappa shape index (κ3) is 5.71. The average molecular weight is 394 g/mol. The average Bonchev–Trinajstić information content (AvgIpc) is 3.08. The Morgan fingerprint density at radius 2 is 2.00 bits per heavy atom. The summed E-state index contributed by atoms with van der Waals surface area (Å²) in [7, 11) is 0. The first kappa shape index (κ1) is 22.0. The van der Waals surface area contributed by atoms with Gasteiger partial charge in [0, 0.05) is 19.6 Å². The molecule has 1 unspecified atom stereocenters. The Bertz CT molecular complexity index is 563. The number of nitrogens with zero attached hydrogens (tertiary/aromatic N) is 1. The van der Waals surface area contributed by atoms with Gasteiger partial charge in [-0.15, -0.1) is 24.8 Å². The van der Waals surface area contributed by atoms with Gasteiger partial charge in [-0.1, -0.05) is 6.07 Å². The Labute approximate surface area is 160 Å². The van der Waals surface area contributed by atoms with E-state index in [2.05, 4.69) is 10.6 Å². The molecule has 2 aliphatic rings. The number of aliphatic hydroxyl groups is 1. The van der Waals surface area contributed by atoms with E-state index in [1.165, 1.54) is 6.07 Å². The smallest absolute Gasteiger partial charge is 0.237 e. The Hall–Kier alpha value is -1.08. The summed E-state index contributed by atoms with van der Waals surface area (Å²) >= 11 is 0. The number of hydrogen-bond acceptors (Lipinski definition) is 4. The lowest BCUT2D eigenvalue weighted by atomic mass is 10.1. The SMILES string of the molecule is Cl.Cl.O=C(NCc1ccc(N2CCC(O)CC2)c(F)c1)C1CCCN1. The Morgan fingerprint density at radius 3 is 2.60 bits per heavy atom. The second kappa shape index (κ2) is 10.2. The standard InChI is InChI=1S/C17H24FN3O2.2ClH/c18-14-10-12(11-20-17(23)15-2-1-7-19-15)3-4-16(14)21-8-5-13(22)6-9-21;;/h3-4,10,13,15,19,22H,1-2,5-9,11H2,(H,20,23);2*1H. The first-order chi connectivity index (χ1) is 11.1. The summed E-state index contributed by atoms with van der Waals surface area (Å²) in [6, 6.07) is 5.00. The number of benzene rings is 1. The quantitative estimate of drug-likeness (QED) is 0.731. The highest BCUT2D eigenvalue weighted by molar-refractivity contribution is 5.85. The van der Waals surface area contributed by atoms with E-state index in [1.807, 2.05) is 11.0 Å². The number of anilines is 1. The van der Waals surface area contributed by atoms with Gasteiger partial charge < -0.3 is 20.6 Å². The van der Waals surface area contributed by atoms with Gasteiger partial charge in [0.05, 0.1) is 17.8 Å². The number of nitrogens with one attached hydrogen (secondary N) is 2. The molecule has 0 aliphatic carbocycles. The van der Waals surface area contributed by atoms with Crippen molar-refractivity contribution < 1.29 is 14.3 Å². The molecular weight excluding hydrogens is 368 g/mol. The van der Waals surface area contributed by atoms with Crippen LogP contribution in [0.15, 0.2) is 18.2 Å². The monoisotopic (exact) mass is 393 g/mol. The van der Waals surface area contributed by atoms with Crippen LogP contribution in [0.4, 0.5) is 10.1 Å². The summed E-state index contributed by atoms with van der Waals surface area (Å²) in [4.78, 5) is 13.9. The van der Waals surface area contributed by atoms with Crippen LogP contribution >= 0.6 is 24.8 Å². The summed E-state index contributed by atoms with van der Waals surface area (Å²) in [5, 5.41) is 15.5. The molecule has 1 aromatic carbocycles. The van der Waals surface area contributed by atoms with E-state index < -0.39 is 0 Å². The molecular formula is C17H26Cl2FN3O2. The molecule has 0 bridgehead atoms. The highest BCUT2D eigenvalue weighted by Crippen LogP contribution is 2.24. The molecule has 25 heavy (non-hydrogen) atoms. The van der Waals surface area contributed by atoms with Crippen LogP contribution in [0.25, 0.3) is 0 Å². The number of aliphatic hydroxyl groups excluding tert-OH is 1. The van der Waals surface area contributed by atoms with Crippen LogP contribution in [0, 0.1) is 5.82 Å². The van der Waals surface area contributed by atoms with Crippen LogP contribution in [0.3, 0.4) is 0 Å². The second-order valence-corrected chi connectivity index (χ2v) is 6.37. The van der Waals surface area contributed by atoms with Crippen LogP contribution in [0.5, 0.6) is 0 Å². The predicted molar refractivity (Wildman–Crippen MR) is 101 cm³/mol. The van der Waals surface area contributed by atoms with Gasteiger partial charge >= 0.3 is 0 Å². The maximum Gasteiger partial charge on any atom is 0.237 e. The highest BCUT2D eigenvalue weighted by atomic mass is 35.5. The number of carbonyl (C=O) groups is 1. The molecule has 2 fully saturated rings. The van der Waals surface area contributed by atoms with E-state index in [4.69, 9.17) is 0 Å². The van der Waals surface area contributed by atoms with Crippen molar-refractivity contribution in [1.29, 1.82) is 0 Å². The van der Waals surface area contributed by atoms with Crippen LogP contribution < -0.4 is 15.5 Å². The van der Waals surface area contributed by atoms with E-state index in [9.17, 15) is 14.3 Å². The number of carbonyl (C=O) groups excluding carboxylic acids is 1. The number of halogens is 3. The summed E-state index contributed by atoms with van der Waals surface area (Å²) in [5.41, 5.74) is 1.33. The van der Waals surface area contributed by atoms with Crippen molar-refractivity contribution in [1.82, 2.24) is 10.6 Å². The lowest BCUT2D eigenvalue weighted by Crippen LogP contribution is -2.40. The zero-order valence-corrected chi connectivity index (χ0v) is 15.7. The molecule has 3 N–H and O–H groups in total. The largest absolute Gasteiger partial charge is 0.393 e. The maximum absolute atomic E-state index is 14.3. The first-order valence-electron chi connectivity index (χ1n) is 8.36. The Balaban J connectivity index is 0.00000156. The number of rotatable bonds is 4. The summed E-state index contributed by atoms with van der Waals surface area (Å²) < 4.78 is 14.3. The molecule has 8 heteroatoms. The summed E-state index contributed by atoms with van der Waals surface area (Å²) in [5.74, 6) is -0.288. The zero-order chi connectivity index (χ0) is 16.2. The summed E-state index contributed by atoms with van der Waals surface area (Å²) in [6.45, 7) is 2.56. The first-order valence-corrected chi connectivity index (χ1v) is 8.36. The molecule has 0 spiro atoms. The van der Waals surface area contributed by atoms with Gasteiger partial charge in [0.15, 0.2) is 0 Å². The molecule has 142 valence electrons. The van der Waals surface area contributed by atoms with E-state index in [0.29, 0.717) is 38.2 Å². The van der Waals surface area contributed by atoms with Crippen molar-refractivity contribution in [2.24, 2.45) is 0 Å². The minimum absolute atomic E-state index is 0. The van der Waals surface area contributed by atoms with Crippen LogP contribution in [0.2, 0.25) is 0 Å². The second-order valence-electron chi connectivity index (χ2n) is 6.37. The molecule has 5 nitrogen and oxygen atoms in total. The minimum Gasteiger partial charge on any atom is -0.393 e. The van der Waals surface area contributed by atoms with E-state index in [1.54, 1.807) is 6.07 Å². The molecule has 0 radical (unpaired) electrons. The van der Waals surface area contributed by atoms with Gasteiger partial charge in [0.2, 0.25) is 5.91 Å². The summed E-state index contributed by atoms with van der Waals surface area (Å²) in [6.07, 6.45) is 2.95. The van der Waals surface area contributed by atoms with Crippen molar-refractivity contribution in [3.63, 3.8) is 0 Å². The highest BCUT2D eigenvalue weighted by Gasteiger charge is 2.22. The van der Waals surface area contributed by atoms with Gasteiger partial charge in [-0.2, -0.15) is 0 Å². The van der Waals surface area contributed by atoms with Crippen molar-refractivity contribution in [3.05, 3.63) is 29.6 Å². The molecule has 3 rings (SSSR count). The van der Waals surface area contributed by atoms with Crippen LogP contribution in [-0.4, -0.2) is 42.8 Å².